The first kappa shape index (κ1) is 28.4. The van der Waals surface area contributed by atoms with Crippen molar-refractivity contribution >= 4 is 17.8 Å². The third kappa shape index (κ3) is 6.31. The van der Waals surface area contributed by atoms with Gasteiger partial charge in [0.25, 0.3) is 5.91 Å². The molecule has 3 atom stereocenters. The molecule has 0 bridgehead atoms. The van der Waals surface area contributed by atoms with Gasteiger partial charge in [0.15, 0.2) is 0 Å². The summed E-state index contributed by atoms with van der Waals surface area (Å²) in [4.78, 5) is 48.3. The number of hydroxylamine groups is 2. The van der Waals surface area contributed by atoms with Crippen molar-refractivity contribution in [2.45, 2.75) is 71.8 Å². The normalized spacial score (nSPS) is 24.5. The lowest BCUT2D eigenvalue weighted by atomic mass is 9.83. The van der Waals surface area contributed by atoms with E-state index in [-0.39, 0.29) is 35.7 Å². The van der Waals surface area contributed by atoms with Gasteiger partial charge in [-0.1, -0.05) is 39.8 Å². The Bertz CT molecular complexity index is 1030. The van der Waals surface area contributed by atoms with E-state index >= 15 is 0 Å². The molecule has 210 valence electrons. The van der Waals surface area contributed by atoms with Crippen LogP contribution in [-0.2, 0) is 25.6 Å². The highest BCUT2D eigenvalue weighted by Gasteiger charge is 2.48. The van der Waals surface area contributed by atoms with Crippen molar-refractivity contribution in [1.29, 1.82) is 0 Å². The van der Waals surface area contributed by atoms with Crippen molar-refractivity contribution < 1.29 is 29.1 Å². The van der Waals surface area contributed by atoms with Crippen LogP contribution < -0.4 is 4.74 Å². The number of amides is 2. The molecule has 1 aromatic carbocycles. The van der Waals surface area contributed by atoms with Gasteiger partial charge in [-0.2, -0.15) is 0 Å². The summed E-state index contributed by atoms with van der Waals surface area (Å²) >= 11 is 0. The maximum Gasteiger partial charge on any atom is 0.308 e. The van der Waals surface area contributed by atoms with E-state index in [1.165, 1.54) is 5.06 Å². The summed E-state index contributed by atoms with van der Waals surface area (Å²) < 4.78 is 5.66. The third-order valence-electron chi connectivity index (χ3n) is 7.97. The molecule has 2 fully saturated rings. The maximum atomic E-state index is 13.3. The summed E-state index contributed by atoms with van der Waals surface area (Å²) in [6.45, 7) is 11.4. The Balaban J connectivity index is 1.58. The molecule has 3 aliphatic heterocycles. The summed E-state index contributed by atoms with van der Waals surface area (Å²) in [6.07, 6.45) is 3.38. The van der Waals surface area contributed by atoms with Crippen molar-refractivity contribution in [2.75, 3.05) is 45.9 Å². The van der Waals surface area contributed by atoms with Gasteiger partial charge < -0.3 is 14.7 Å². The number of carboxylic acids is 1. The number of benzene rings is 1. The highest BCUT2D eigenvalue weighted by atomic mass is 16.7. The molecular formula is C29H43N3O6. The van der Waals surface area contributed by atoms with Crippen LogP contribution in [0.4, 0.5) is 0 Å². The lowest BCUT2D eigenvalue weighted by molar-refractivity contribution is -0.188. The van der Waals surface area contributed by atoms with Gasteiger partial charge in [-0.05, 0) is 41.9 Å². The molecule has 1 aromatic rings. The van der Waals surface area contributed by atoms with Crippen LogP contribution in [-0.4, -0.2) is 89.7 Å². The van der Waals surface area contributed by atoms with E-state index in [1.54, 1.807) is 0 Å². The summed E-state index contributed by atoms with van der Waals surface area (Å²) in [7, 11) is 0. The van der Waals surface area contributed by atoms with Gasteiger partial charge in [0.1, 0.15) is 5.75 Å². The first-order chi connectivity index (χ1) is 18.1. The molecule has 38 heavy (non-hydrogen) atoms. The Hall–Kier alpha value is -2.65. The van der Waals surface area contributed by atoms with Gasteiger partial charge in [0.2, 0.25) is 5.91 Å². The smallest absolute Gasteiger partial charge is 0.308 e. The summed E-state index contributed by atoms with van der Waals surface area (Å²) in [6, 6.07) is 5.60. The molecule has 0 unspecified atom stereocenters. The predicted molar refractivity (Wildman–Crippen MR) is 143 cm³/mol. The van der Waals surface area contributed by atoms with Crippen molar-refractivity contribution in [3.63, 3.8) is 0 Å². The van der Waals surface area contributed by atoms with Crippen molar-refractivity contribution in [3.8, 4) is 5.75 Å². The third-order valence-corrected chi connectivity index (χ3v) is 7.97. The molecule has 1 N–H and O–H groups in total. The Morgan fingerprint density at radius 3 is 2.68 bits per heavy atom. The van der Waals surface area contributed by atoms with Gasteiger partial charge in [0, 0.05) is 51.0 Å². The molecule has 0 saturated carbocycles. The fraction of sp³-hybridized carbons (Fsp3) is 0.690. The molecule has 0 spiro atoms. The number of fused-ring (bicyclic) bond motifs is 1. The number of carbonyl (C=O) groups is 3. The second kappa shape index (κ2) is 12.0. The van der Waals surface area contributed by atoms with E-state index in [0.717, 1.165) is 36.1 Å². The molecule has 0 radical (unpaired) electrons. The summed E-state index contributed by atoms with van der Waals surface area (Å²) in [5, 5.41) is 11.9. The molecule has 2 saturated heterocycles. The van der Waals surface area contributed by atoms with E-state index in [1.807, 2.05) is 35.8 Å². The Morgan fingerprint density at radius 2 is 2.03 bits per heavy atom. The van der Waals surface area contributed by atoms with Crippen molar-refractivity contribution in [1.82, 2.24) is 14.9 Å². The minimum atomic E-state index is -0.868. The van der Waals surface area contributed by atoms with Crippen LogP contribution in [0, 0.1) is 11.3 Å². The van der Waals surface area contributed by atoms with Crippen LogP contribution in [0.2, 0.25) is 0 Å². The Kier molecular flexibility index (Phi) is 8.98. The minimum Gasteiger partial charge on any atom is -0.493 e. The zero-order valence-corrected chi connectivity index (χ0v) is 23.3. The van der Waals surface area contributed by atoms with E-state index in [9.17, 15) is 19.5 Å². The van der Waals surface area contributed by atoms with Crippen LogP contribution in [0.1, 0.15) is 70.4 Å². The highest BCUT2D eigenvalue weighted by Crippen LogP contribution is 2.41. The molecule has 0 aromatic heterocycles. The topological polar surface area (TPSA) is 99.6 Å². The largest absolute Gasteiger partial charge is 0.493 e. The lowest BCUT2D eigenvalue weighted by Gasteiger charge is -2.30. The van der Waals surface area contributed by atoms with Gasteiger partial charge in [-0.15, -0.1) is 0 Å². The van der Waals surface area contributed by atoms with Gasteiger partial charge in [0.05, 0.1) is 25.7 Å². The highest BCUT2D eigenvalue weighted by molar-refractivity contribution is 5.79. The number of hydrogen-bond donors (Lipinski definition) is 1. The van der Waals surface area contributed by atoms with E-state index in [0.29, 0.717) is 52.2 Å². The summed E-state index contributed by atoms with van der Waals surface area (Å²) in [5.41, 5.74) is 1.98. The molecule has 3 aliphatic rings. The van der Waals surface area contributed by atoms with Gasteiger partial charge in [-0.25, -0.2) is 5.06 Å². The SMILES string of the molecule is CCCON(CCC)C(=O)CN1C[C@H](c2ccc3c(c2)CCO3)[C@@H](C(=O)O)[C@@H]1CCN1CC(C)(C)CC1=O. The van der Waals surface area contributed by atoms with E-state index < -0.39 is 11.9 Å². The number of nitrogens with zero attached hydrogens (tertiary/aromatic N) is 3. The number of aliphatic carboxylic acids is 1. The number of likely N-dealkylation sites (tertiary alicyclic amines) is 2. The zero-order chi connectivity index (χ0) is 27.4. The summed E-state index contributed by atoms with van der Waals surface area (Å²) in [5.74, 6) is -1.01. The van der Waals surface area contributed by atoms with Crippen LogP contribution in [0.5, 0.6) is 5.75 Å². The van der Waals surface area contributed by atoms with Crippen LogP contribution in [0.25, 0.3) is 0 Å². The fourth-order valence-electron chi connectivity index (χ4n) is 6.22. The van der Waals surface area contributed by atoms with Crippen LogP contribution in [0.3, 0.4) is 0 Å². The first-order valence-corrected chi connectivity index (χ1v) is 14.1. The van der Waals surface area contributed by atoms with Crippen LogP contribution >= 0.6 is 0 Å². The molecule has 4 rings (SSSR count). The second-order valence-electron chi connectivity index (χ2n) is 11.7. The zero-order valence-electron chi connectivity index (χ0n) is 23.3. The molecule has 9 heteroatoms. The average Bonchev–Trinajstić information content (AvgIpc) is 3.54. The predicted octanol–water partition coefficient (Wildman–Crippen LogP) is 3.32. The first-order valence-electron chi connectivity index (χ1n) is 14.1. The number of rotatable bonds is 12. The van der Waals surface area contributed by atoms with Crippen molar-refractivity contribution in [3.05, 3.63) is 29.3 Å². The number of carbonyl (C=O) groups excluding carboxylic acids is 2. The van der Waals surface area contributed by atoms with Gasteiger partial charge >= 0.3 is 5.97 Å². The van der Waals surface area contributed by atoms with Gasteiger partial charge in [-0.3, -0.25) is 24.1 Å². The monoisotopic (exact) mass is 529 g/mol. The molecule has 9 nitrogen and oxygen atoms in total. The number of hydrogen-bond acceptors (Lipinski definition) is 6. The Morgan fingerprint density at radius 1 is 1.24 bits per heavy atom. The van der Waals surface area contributed by atoms with Crippen LogP contribution in [0.15, 0.2) is 18.2 Å². The molecular weight excluding hydrogens is 486 g/mol. The number of carboxylic acid groups (broad SMARTS) is 1. The average molecular weight is 530 g/mol. The van der Waals surface area contributed by atoms with E-state index in [4.69, 9.17) is 9.57 Å². The number of ether oxygens (including phenoxy) is 1. The minimum absolute atomic E-state index is 0.0824. The standard InChI is InChI=1S/C29H43N3O6/c1-5-11-32(38-13-6-2)26(34)18-31-17-22(20-7-8-24-21(15-20)10-14-37-24)27(28(35)36)23(31)9-12-30-19-29(3,4)16-25(30)33/h7-8,15,22-23,27H,5-6,9-14,16-19H2,1-4H3,(H,35,36)/t22-,23+,27-/m1/s1. The molecule has 3 heterocycles. The Labute approximate surface area is 226 Å². The quantitative estimate of drug-likeness (QED) is 0.415. The molecule has 2 amide bonds. The maximum absolute atomic E-state index is 13.3. The van der Waals surface area contributed by atoms with E-state index in [2.05, 4.69) is 19.9 Å². The lowest BCUT2D eigenvalue weighted by Crippen LogP contribution is -2.45. The fourth-order valence-corrected chi connectivity index (χ4v) is 6.22. The second-order valence-corrected chi connectivity index (χ2v) is 11.7. The van der Waals surface area contributed by atoms with Crippen molar-refractivity contribution in [2.24, 2.45) is 11.3 Å². The molecule has 0 aliphatic carbocycles.